The smallest absolute Gasteiger partial charge is 0.153 e. The molecule has 0 amide bonds. The summed E-state index contributed by atoms with van der Waals surface area (Å²) in [6.45, 7) is 7.05. The molecule has 1 N–H and O–H groups in total. The van der Waals surface area contributed by atoms with E-state index in [0.29, 0.717) is 44.4 Å². The lowest BCUT2D eigenvalue weighted by atomic mass is 10.1. The number of nitrogens with zero attached hydrogens (tertiary/aromatic N) is 3. The van der Waals surface area contributed by atoms with E-state index in [1.165, 1.54) is 6.21 Å². The first-order chi connectivity index (χ1) is 11.6. The maximum atomic E-state index is 10.5. The second kappa shape index (κ2) is 9.34. The lowest BCUT2D eigenvalue weighted by molar-refractivity contribution is 0.112. The van der Waals surface area contributed by atoms with E-state index in [-0.39, 0.29) is 10.3 Å². The summed E-state index contributed by atoms with van der Waals surface area (Å²) in [4.78, 5) is 18.4. The first-order valence-corrected chi connectivity index (χ1v) is 8.43. The molecule has 0 bridgehead atoms. The van der Waals surface area contributed by atoms with Crippen LogP contribution >= 0.6 is 46.4 Å². The molecule has 2 heterocycles. The zero-order chi connectivity index (χ0) is 19.3. The van der Waals surface area contributed by atoms with E-state index in [1.54, 1.807) is 27.7 Å². The normalized spacial score (nSPS) is 10.6. The number of hydrogen-bond acceptors (Lipinski definition) is 5. The average Bonchev–Trinajstić information content (AvgIpc) is 2.56. The van der Waals surface area contributed by atoms with Crippen molar-refractivity contribution < 1.29 is 10.0 Å². The summed E-state index contributed by atoms with van der Waals surface area (Å²) in [5.74, 6) is 0. The van der Waals surface area contributed by atoms with Crippen LogP contribution in [-0.4, -0.2) is 27.7 Å². The molecule has 0 radical (unpaired) electrons. The van der Waals surface area contributed by atoms with E-state index in [2.05, 4.69) is 15.1 Å². The van der Waals surface area contributed by atoms with Gasteiger partial charge in [-0.1, -0.05) is 51.6 Å². The van der Waals surface area contributed by atoms with Crippen LogP contribution in [0.4, 0.5) is 0 Å². The van der Waals surface area contributed by atoms with Gasteiger partial charge in [-0.05, 0) is 38.8 Å². The highest BCUT2D eigenvalue weighted by Gasteiger charge is 2.11. The van der Waals surface area contributed by atoms with Crippen molar-refractivity contribution in [2.45, 2.75) is 27.7 Å². The molecule has 0 atom stereocenters. The Kier molecular flexibility index (Phi) is 8.09. The molecule has 0 aromatic carbocycles. The molecule has 2 aromatic heterocycles. The third-order valence-corrected chi connectivity index (χ3v) is 5.07. The van der Waals surface area contributed by atoms with Gasteiger partial charge in [0.15, 0.2) is 6.29 Å². The number of halogens is 4. The topological polar surface area (TPSA) is 75.4 Å². The van der Waals surface area contributed by atoms with Crippen molar-refractivity contribution in [2.24, 2.45) is 5.16 Å². The van der Waals surface area contributed by atoms with Gasteiger partial charge in [0.05, 0.1) is 33.2 Å². The number of aryl methyl sites for hydroxylation is 2. The van der Waals surface area contributed by atoms with Crippen molar-refractivity contribution in [1.29, 1.82) is 0 Å². The minimum Gasteiger partial charge on any atom is -0.411 e. The molecule has 0 aliphatic heterocycles. The minimum atomic E-state index is 0.212. The Morgan fingerprint density at radius 2 is 1.24 bits per heavy atom. The highest BCUT2D eigenvalue weighted by molar-refractivity contribution is 6.35. The maximum Gasteiger partial charge on any atom is 0.153 e. The lowest BCUT2D eigenvalue weighted by Crippen LogP contribution is -1.96. The van der Waals surface area contributed by atoms with Crippen molar-refractivity contribution in [3.63, 3.8) is 0 Å². The Morgan fingerprint density at radius 1 is 0.840 bits per heavy atom. The fraction of sp³-hybridized carbons (Fsp3) is 0.250. The Morgan fingerprint density at radius 3 is 1.64 bits per heavy atom. The van der Waals surface area contributed by atoms with Gasteiger partial charge in [-0.3, -0.25) is 4.79 Å². The van der Waals surface area contributed by atoms with E-state index >= 15 is 0 Å². The fourth-order valence-electron chi connectivity index (χ4n) is 1.95. The van der Waals surface area contributed by atoms with Gasteiger partial charge in [0, 0.05) is 5.56 Å². The Labute approximate surface area is 165 Å². The molecule has 5 nitrogen and oxygen atoms in total. The van der Waals surface area contributed by atoms with Gasteiger partial charge in [-0.25, -0.2) is 9.97 Å². The van der Waals surface area contributed by atoms with E-state index in [0.717, 1.165) is 5.56 Å². The van der Waals surface area contributed by atoms with Crippen LogP contribution in [0.15, 0.2) is 5.16 Å². The predicted molar refractivity (Wildman–Crippen MR) is 102 cm³/mol. The summed E-state index contributed by atoms with van der Waals surface area (Å²) < 4.78 is 0. The van der Waals surface area contributed by atoms with Crippen LogP contribution in [0.25, 0.3) is 0 Å². The molecule has 0 unspecified atom stereocenters. The second-order valence-corrected chi connectivity index (χ2v) is 6.52. The van der Waals surface area contributed by atoms with E-state index in [1.807, 2.05) is 0 Å². The van der Waals surface area contributed by atoms with Gasteiger partial charge in [-0.2, -0.15) is 0 Å². The number of oxime groups is 1. The van der Waals surface area contributed by atoms with Gasteiger partial charge in [-0.15, -0.1) is 0 Å². The molecule has 0 saturated carbocycles. The van der Waals surface area contributed by atoms with Crippen molar-refractivity contribution >= 4 is 58.9 Å². The Balaban J connectivity index is 0.000000251. The highest BCUT2D eigenvalue weighted by Crippen LogP contribution is 2.26. The summed E-state index contributed by atoms with van der Waals surface area (Å²) in [7, 11) is 0. The standard InChI is InChI=1S/C8H8Cl2N2O.C8H7Cl2NO/c1-4-6(3-11-13)8(10)12-5(2)7(4)9;1-4-6(3-12)8(10)11-5(2)7(4)9/h3,13H,1-2H3;3H,1-2H3/b11-3-;. The van der Waals surface area contributed by atoms with Crippen LogP contribution in [0.2, 0.25) is 20.4 Å². The van der Waals surface area contributed by atoms with E-state index < -0.39 is 0 Å². The zero-order valence-corrected chi connectivity index (χ0v) is 16.9. The third-order valence-electron chi connectivity index (χ3n) is 3.38. The van der Waals surface area contributed by atoms with Crippen LogP contribution in [-0.2, 0) is 0 Å². The number of pyridine rings is 2. The molecule has 9 heteroatoms. The number of carbonyl (C=O) groups excluding carboxylic acids is 1. The van der Waals surface area contributed by atoms with Crippen molar-refractivity contribution in [3.05, 3.63) is 54.0 Å². The third kappa shape index (κ3) is 5.05. The van der Waals surface area contributed by atoms with Gasteiger partial charge in [0.1, 0.15) is 10.3 Å². The largest absolute Gasteiger partial charge is 0.411 e. The molecule has 25 heavy (non-hydrogen) atoms. The number of aldehydes is 1. The van der Waals surface area contributed by atoms with Crippen LogP contribution in [0.5, 0.6) is 0 Å². The van der Waals surface area contributed by atoms with Gasteiger partial charge in [0.2, 0.25) is 0 Å². The number of hydrogen-bond donors (Lipinski definition) is 1. The molecule has 0 saturated heterocycles. The first-order valence-electron chi connectivity index (χ1n) is 6.92. The van der Waals surface area contributed by atoms with E-state index in [9.17, 15) is 4.79 Å². The van der Waals surface area contributed by atoms with E-state index in [4.69, 9.17) is 51.6 Å². The summed E-state index contributed by atoms with van der Waals surface area (Å²) in [6, 6.07) is 0. The first kappa shape index (κ1) is 21.6. The molecule has 0 fully saturated rings. The molecule has 2 aromatic rings. The summed E-state index contributed by atoms with van der Waals surface area (Å²) >= 11 is 23.3. The van der Waals surface area contributed by atoms with Gasteiger partial charge >= 0.3 is 0 Å². The molecule has 2 rings (SSSR count). The number of carbonyl (C=O) groups is 1. The van der Waals surface area contributed by atoms with Crippen molar-refractivity contribution in [2.75, 3.05) is 0 Å². The monoisotopic (exact) mass is 421 g/mol. The van der Waals surface area contributed by atoms with Crippen LogP contribution < -0.4 is 0 Å². The molecule has 0 spiro atoms. The fourth-order valence-corrected chi connectivity index (χ4v) is 2.87. The minimum absolute atomic E-state index is 0.212. The van der Waals surface area contributed by atoms with Gasteiger partial charge < -0.3 is 5.21 Å². The molecular formula is C16H15Cl4N3O2. The maximum absolute atomic E-state index is 10.5. The quantitative estimate of drug-likeness (QED) is 0.223. The van der Waals surface area contributed by atoms with Crippen LogP contribution in [0, 0.1) is 27.7 Å². The van der Waals surface area contributed by atoms with Crippen molar-refractivity contribution in [3.8, 4) is 0 Å². The predicted octanol–water partition coefficient (Wildman–Crippen LogP) is 5.63. The average molecular weight is 423 g/mol. The van der Waals surface area contributed by atoms with Crippen molar-refractivity contribution in [1.82, 2.24) is 9.97 Å². The summed E-state index contributed by atoms with van der Waals surface area (Å²) in [5, 5.41) is 12.8. The highest BCUT2D eigenvalue weighted by atomic mass is 35.5. The SMILES string of the molecule is Cc1nc(Cl)c(/C=N\O)c(C)c1Cl.Cc1nc(Cl)c(C=O)c(C)c1Cl. The van der Waals surface area contributed by atoms with Crippen LogP contribution in [0.3, 0.4) is 0 Å². The zero-order valence-electron chi connectivity index (χ0n) is 13.9. The lowest BCUT2D eigenvalue weighted by Gasteiger charge is -2.06. The summed E-state index contributed by atoms with van der Waals surface area (Å²) in [6.07, 6.45) is 1.88. The van der Waals surface area contributed by atoms with Gasteiger partial charge in [0.25, 0.3) is 0 Å². The number of aromatic nitrogens is 2. The molecular weight excluding hydrogens is 408 g/mol. The summed E-state index contributed by atoms with van der Waals surface area (Å²) in [5.41, 5.74) is 3.66. The second-order valence-electron chi connectivity index (χ2n) is 5.04. The van der Waals surface area contributed by atoms with Crippen LogP contribution in [0.1, 0.15) is 38.4 Å². The molecule has 134 valence electrons. The Hall–Kier alpha value is -1.40. The molecule has 0 aliphatic carbocycles. The molecule has 0 aliphatic rings. The Bertz CT molecular complexity index is 839. The number of rotatable bonds is 2.